The summed E-state index contributed by atoms with van der Waals surface area (Å²) in [7, 11) is -0.712. The van der Waals surface area contributed by atoms with Crippen LogP contribution in [-0.4, -0.2) is 28.6 Å². The Kier molecular flexibility index (Phi) is 5.21. The molecule has 0 rings (SSSR count). The summed E-state index contributed by atoms with van der Waals surface area (Å²) in [6.07, 6.45) is 2.55. The molecule has 1 atom stereocenters. The van der Waals surface area contributed by atoms with E-state index in [1.54, 1.807) is 6.26 Å². The Hall–Kier alpha value is -0.380. The summed E-state index contributed by atoms with van der Waals surface area (Å²) in [6, 6.07) is 0. The van der Waals surface area contributed by atoms with Crippen LogP contribution in [0.25, 0.3) is 0 Å². The molecule has 13 heavy (non-hydrogen) atoms. The Morgan fingerprint density at radius 2 is 2.00 bits per heavy atom. The van der Waals surface area contributed by atoms with Crippen LogP contribution in [0.15, 0.2) is 4.99 Å². The third kappa shape index (κ3) is 6.75. The van der Waals surface area contributed by atoms with Gasteiger partial charge in [0.25, 0.3) is 0 Å². The second-order valence-electron chi connectivity index (χ2n) is 4.15. The third-order valence-electron chi connectivity index (χ3n) is 1.64. The van der Waals surface area contributed by atoms with Gasteiger partial charge in [0, 0.05) is 34.8 Å². The highest BCUT2D eigenvalue weighted by molar-refractivity contribution is 7.84. The van der Waals surface area contributed by atoms with Crippen LogP contribution in [0.5, 0.6) is 0 Å². The Labute approximate surface area is 83.3 Å². The molecular formula is C9H20N2OS. The molecule has 0 saturated carbocycles. The van der Waals surface area contributed by atoms with Gasteiger partial charge in [0.2, 0.25) is 0 Å². The van der Waals surface area contributed by atoms with Crippen molar-refractivity contribution in [2.75, 3.05) is 18.6 Å². The van der Waals surface area contributed by atoms with Gasteiger partial charge in [-0.1, -0.05) is 20.8 Å². The zero-order chi connectivity index (χ0) is 10.5. The van der Waals surface area contributed by atoms with Crippen LogP contribution >= 0.6 is 0 Å². The second-order valence-corrected chi connectivity index (χ2v) is 5.70. The van der Waals surface area contributed by atoms with Gasteiger partial charge in [-0.3, -0.25) is 9.20 Å². The van der Waals surface area contributed by atoms with Gasteiger partial charge in [0.05, 0.1) is 5.84 Å². The highest BCUT2D eigenvalue weighted by Gasteiger charge is 2.14. The predicted molar refractivity (Wildman–Crippen MR) is 59.5 cm³/mol. The summed E-state index contributed by atoms with van der Waals surface area (Å²) in [4.78, 5) is 4.23. The number of hydrogen-bond donors (Lipinski definition) is 1. The number of aliphatic imine (C=N–C) groups is 1. The molecule has 0 aromatic heterocycles. The molecule has 0 aliphatic carbocycles. The molecule has 0 spiro atoms. The minimum Gasteiger partial charge on any atom is -0.387 e. The highest BCUT2D eigenvalue weighted by atomic mass is 32.2. The lowest BCUT2D eigenvalue weighted by atomic mass is 9.95. The molecule has 0 aliphatic rings. The van der Waals surface area contributed by atoms with Crippen molar-refractivity contribution < 1.29 is 4.21 Å². The number of rotatable bonds is 4. The summed E-state index contributed by atoms with van der Waals surface area (Å²) in [6.45, 7) is 6.78. The summed E-state index contributed by atoms with van der Waals surface area (Å²) in [5, 5.41) is 0. The van der Waals surface area contributed by atoms with E-state index in [4.69, 9.17) is 5.73 Å². The van der Waals surface area contributed by atoms with Gasteiger partial charge in [-0.05, 0) is 6.42 Å². The molecule has 1 unspecified atom stereocenters. The number of nitrogens with zero attached hydrogens (tertiary/aromatic N) is 1. The fourth-order valence-corrected chi connectivity index (χ4v) is 1.24. The summed E-state index contributed by atoms with van der Waals surface area (Å²) >= 11 is 0. The van der Waals surface area contributed by atoms with E-state index in [2.05, 4.69) is 4.99 Å². The zero-order valence-corrected chi connectivity index (χ0v) is 9.78. The Morgan fingerprint density at radius 1 is 1.46 bits per heavy atom. The Morgan fingerprint density at radius 3 is 2.38 bits per heavy atom. The fraction of sp³-hybridized carbons (Fsp3) is 0.889. The molecule has 0 saturated heterocycles. The van der Waals surface area contributed by atoms with Crippen molar-refractivity contribution in [3.8, 4) is 0 Å². The normalized spacial score (nSPS) is 15.8. The summed E-state index contributed by atoms with van der Waals surface area (Å²) in [5.41, 5.74) is 5.69. The monoisotopic (exact) mass is 204 g/mol. The highest BCUT2D eigenvalue weighted by Crippen LogP contribution is 2.12. The summed E-state index contributed by atoms with van der Waals surface area (Å²) in [5.74, 6) is 1.38. The van der Waals surface area contributed by atoms with Gasteiger partial charge < -0.3 is 5.73 Å². The van der Waals surface area contributed by atoms with Crippen LogP contribution < -0.4 is 5.73 Å². The van der Waals surface area contributed by atoms with E-state index in [1.165, 1.54) is 0 Å². The maximum Gasteiger partial charge on any atom is 0.0991 e. The average molecular weight is 204 g/mol. The molecule has 0 fully saturated rings. The standard InChI is InChI=1S/C9H20N2OS/c1-9(2,3)8(10)11-6-5-7-13(4)12/h5-7H2,1-4H3,(H2,10,11). The van der Waals surface area contributed by atoms with E-state index in [-0.39, 0.29) is 5.41 Å². The first-order valence-corrected chi connectivity index (χ1v) is 6.17. The first kappa shape index (κ1) is 12.6. The first-order valence-electron chi connectivity index (χ1n) is 4.44. The van der Waals surface area contributed by atoms with Crippen molar-refractivity contribution in [1.29, 1.82) is 0 Å². The smallest absolute Gasteiger partial charge is 0.0991 e. The largest absolute Gasteiger partial charge is 0.387 e. The molecule has 0 amide bonds. The van der Waals surface area contributed by atoms with Crippen LogP contribution in [0.2, 0.25) is 0 Å². The predicted octanol–water partition coefficient (Wildman–Crippen LogP) is 1.16. The van der Waals surface area contributed by atoms with E-state index in [0.29, 0.717) is 18.1 Å². The first-order chi connectivity index (χ1) is 5.84. The molecule has 4 heteroatoms. The fourth-order valence-electron chi connectivity index (χ4n) is 0.704. The Balaban J connectivity index is 3.79. The van der Waals surface area contributed by atoms with Gasteiger partial charge in [-0.15, -0.1) is 0 Å². The van der Waals surface area contributed by atoms with E-state index >= 15 is 0 Å². The zero-order valence-electron chi connectivity index (χ0n) is 8.96. The van der Waals surface area contributed by atoms with Gasteiger partial charge in [0.15, 0.2) is 0 Å². The van der Waals surface area contributed by atoms with Crippen LogP contribution in [0.4, 0.5) is 0 Å². The lowest BCUT2D eigenvalue weighted by molar-refractivity contribution is 0.581. The maximum atomic E-state index is 10.7. The van der Waals surface area contributed by atoms with Crippen molar-refractivity contribution in [3.63, 3.8) is 0 Å². The minimum absolute atomic E-state index is 0.0502. The summed E-state index contributed by atoms with van der Waals surface area (Å²) < 4.78 is 10.7. The van der Waals surface area contributed by atoms with Crippen LogP contribution in [-0.2, 0) is 10.8 Å². The van der Waals surface area contributed by atoms with Crippen LogP contribution in [0.1, 0.15) is 27.2 Å². The second kappa shape index (κ2) is 5.37. The molecule has 0 heterocycles. The number of nitrogens with two attached hydrogens (primary N) is 1. The van der Waals surface area contributed by atoms with Gasteiger partial charge in [-0.2, -0.15) is 0 Å². The van der Waals surface area contributed by atoms with E-state index < -0.39 is 10.8 Å². The number of amidine groups is 1. The number of hydrogen-bond acceptors (Lipinski definition) is 2. The lowest BCUT2D eigenvalue weighted by Gasteiger charge is -2.17. The van der Waals surface area contributed by atoms with E-state index in [0.717, 1.165) is 6.42 Å². The molecule has 0 radical (unpaired) electrons. The van der Waals surface area contributed by atoms with E-state index in [1.807, 2.05) is 20.8 Å². The molecule has 0 bridgehead atoms. The molecule has 2 N–H and O–H groups in total. The third-order valence-corrected chi connectivity index (χ3v) is 2.50. The van der Waals surface area contributed by atoms with Crippen LogP contribution in [0, 0.1) is 5.41 Å². The van der Waals surface area contributed by atoms with Crippen molar-refractivity contribution in [3.05, 3.63) is 0 Å². The van der Waals surface area contributed by atoms with Gasteiger partial charge in [0.1, 0.15) is 0 Å². The van der Waals surface area contributed by atoms with Crippen molar-refractivity contribution in [2.45, 2.75) is 27.2 Å². The van der Waals surface area contributed by atoms with Gasteiger partial charge in [-0.25, -0.2) is 0 Å². The average Bonchev–Trinajstić information content (AvgIpc) is 1.95. The van der Waals surface area contributed by atoms with E-state index in [9.17, 15) is 4.21 Å². The molecule has 0 aliphatic heterocycles. The topological polar surface area (TPSA) is 55.5 Å². The molecule has 78 valence electrons. The van der Waals surface area contributed by atoms with Crippen molar-refractivity contribution >= 4 is 16.6 Å². The Bertz CT molecular complexity index is 206. The lowest BCUT2D eigenvalue weighted by Crippen LogP contribution is -2.29. The van der Waals surface area contributed by atoms with Crippen molar-refractivity contribution in [1.82, 2.24) is 0 Å². The molecule has 3 nitrogen and oxygen atoms in total. The molecular weight excluding hydrogens is 184 g/mol. The van der Waals surface area contributed by atoms with Crippen molar-refractivity contribution in [2.24, 2.45) is 16.1 Å². The van der Waals surface area contributed by atoms with Gasteiger partial charge >= 0.3 is 0 Å². The quantitative estimate of drug-likeness (QED) is 0.424. The molecule has 0 aromatic carbocycles. The molecule has 0 aromatic rings. The minimum atomic E-state index is -0.712. The maximum absolute atomic E-state index is 10.7. The van der Waals surface area contributed by atoms with Crippen LogP contribution in [0.3, 0.4) is 0 Å². The SMILES string of the molecule is CS(=O)CCCN=C(N)C(C)(C)C.